The average molecular weight is 448 g/mol. The first-order valence-corrected chi connectivity index (χ1v) is 10.8. The number of amides is 2. The Labute approximate surface area is 185 Å². The molecule has 1 fully saturated rings. The minimum atomic E-state index is -4.41. The van der Waals surface area contributed by atoms with E-state index in [9.17, 15) is 18.0 Å². The molecule has 0 spiro atoms. The van der Waals surface area contributed by atoms with E-state index in [4.69, 9.17) is 4.98 Å². The highest BCUT2D eigenvalue weighted by atomic mass is 19.4. The van der Waals surface area contributed by atoms with Gasteiger partial charge < -0.3 is 20.0 Å². The van der Waals surface area contributed by atoms with E-state index in [-0.39, 0.29) is 6.03 Å². The number of carbonyl (C=O) groups excluding carboxylic acids is 1. The number of hydrogen-bond acceptors (Lipinski definition) is 5. The lowest BCUT2D eigenvalue weighted by atomic mass is 10.1. The number of halogens is 3. The summed E-state index contributed by atoms with van der Waals surface area (Å²) in [5.41, 5.74) is 1.49. The summed E-state index contributed by atoms with van der Waals surface area (Å²) < 4.78 is 38.3. The lowest BCUT2D eigenvalue weighted by Crippen LogP contribution is -2.47. The SMILES string of the molecule is CCN1CCN(c2nc(C)nc3c2CN(C(=O)Nc2ccc(C(F)(F)F)cc2)CC3)CC1. The fourth-order valence-corrected chi connectivity index (χ4v) is 4.17. The van der Waals surface area contributed by atoms with Gasteiger partial charge in [0.25, 0.3) is 0 Å². The number of aromatic nitrogens is 2. The maximum Gasteiger partial charge on any atom is 0.416 e. The van der Waals surface area contributed by atoms with Gasteiger partial charge >= 0.3 is 12.2 Å². The van der Waals surface area contributed by atoms with Crippen molar-refractivity contribution < 1.29 is 18.0 Å². The molecule has 1 aromatic heterocycles. The van der Waals surface area contributed by atoms with Crippen LogP contribution in [0.1, 0.15) is 29.6 Å². The van der Waals surface area contributed by atoms with E-state index in [0.29, 0.717) is 25.2 Å². The molecule has 0 unspecified atom stereocenters. The van der Waals surface area contributed by atoms with Crippen molar-refractivity contribution in [3.63, 3.8) is 0 Å². The van der Waals surface area contributed by atoms with Gasteiger partial charge in [0.05, 0.1) is 17.8 Å². The fraction of sp³-hybridized carbons (Fsp3) is 0.500. The van der Waals surface area contributed by atoms with E-state index >= 15 is 0 Å². The Hall–Kier alpha value is -2.88. The van der Waals surface area contributed by atoms with Gasteiger partial charge in [0, 0.05) is 50.4 Å². The van der Waals surface area contributed by atoms with E-state index in [0.717, 1.165) is 67.8 Å². The molecule has 1 N–H and O–H groups in total. The van der Waals surface area contributed by atoms with Crippen LogP contribution in [0.2, 0.25) is 0 Å². The van der Waals surface area contributed by atoms with Crippen LogP contribution >= 0.6 is 0 Å². The number of anilines is 2. The third-order valence-electron chi connectivity index (χ3n) is 6.02. The molecule has 2 aromatic rings. The Bertz CT molecular complexity index is 971. The van der Waals surface area contributed by atoms with Crippen LogP contribution in [0.25, 0.3) is 0 Å². The third-order valence-corrected chi connectivity index (χ3v) is 6.02. The summed E-state index contributed by atoms with van der Waals surface area (Å²) in [6.45, 7) is 9.58. The summed E-state index contributed by atoms with van der Waals surface area (Å²) >= 11 is 0. The van der Waals surface area contributed by atoms with Gasteiger partial charge in [-0.2, -0.15) is 13.2 Å². The van der Waals surface area contributed by atoms with Crippen LogP contribution in [0.4, 0.5) is 29.5 Å². The molecule has 10 heteroatoms. The highest BCUT2D eigenvalue weighted by Gasteiger charge is 2.31. The zero-order chi connectivity index (χ0) is 22.9. The van der Waals surface area contributed by atoms with Crippen molar-refractivity contribution in [3.8, 4) is 0 Å². The highest BCUT2D eigenvalue weighted by molar-refractivity contribution is 5.89. The molecule has 4 rings (SSSR count). The second kappa shape index (κ2) is 8.93. The molecule has 2 aliphatic rings. The van der Waals surface area contributed by atoms with Gasteiger partial charge in [0.1, 0.15) is 11.6 Å². The molecule has 0 saturated carbocycles. The number of benzene rings is 1. The topological polar surface area (TPSA) is 64.6 Å². The van der Waals surface area contributed by atoms with Crippen LogP contribution in [-0.4, -0.2) is 65.1 Å². The minimum absolute atomic E-state index is 0.324. The quantitative estimate of drug-likeness (QED) is 0.778. The number of alkyl halides is 3. The van der Waals surface area contributed by atoms with Gasteiger partial charge in [0.15, 0.2) is 0 Å². The second-order valence-electron chi connectivity index (χ2n) is 8.12. The largest absolute Gasteiger partial charge is 0.416 e. The first-order valence-electron chi connectivity index (χ1n) is 10.8. The van der Waals surface area contributed by atoms with E-state index in [1.807, 2.05) is 6.92 Å². The predicted molar refractivity (Wildman–Crippen MR) is 116 cm³/mol. The first kappa shape index (κ1) is 22.3. The molecule has 2 amide bonds. The van der Waals surface area contributed by atoms with E-state index in [1.165, 1.54) is 12.1 Å². The Morgan fingerprint density at radius 2 is 1.75 bits per heavy atom. The van der Waals surface area contributed by atoms with Crippen molar-refractivity contribution in [2.45, 2.75) is 33.0 Å². The van der Waals surface area contributed by atoms with Gasteiger partial charge in [-0.15, -0.1) is 0 Å². The number of fused-ring (bicyclic) bond motifs is 1. The van der Waals surface area contributed by atoms with Gasteiger partial charge in [-0.05, 0) is 37.7 Å². The zero-order valence-electron chi connectivity index (χ0n) is 18.2. The van der Waals surface area contributed by atoms with Gasteiger partial charge in [0.2, 0.25) is 0 Å². The van der Waals surface area contributed by atoms with Crippen LogP contribution in [-0.2, 0) is 19.1 Å². The Balaban J connectivity index is 1.48. The predicted octanol–water partition coefficient (Wildman–Crippen LogP) is 3.54. The van der Waals surface area contributed by atoms with Crippen molar-refractivity contribution in [1.82, 2.24) is 19.8 Å². The molecule has 32 heavy (non-hydrogen) atoms. The lowest BCUT2D eigenvalue weighted by Gasteiger charge is -2.37. The van der Waals surface area contributed by atoms with Gasteiger partial charge in [-0.3, -0.25) is 0 Å². The lowest BCUT2D eigenvalue weighted by molar-refractivity contribution is -0.137. The summed E-state index contributed by atoms with van der Waals surface area (Å²) in [7, 11) is 0. The molecule has 0 atom stereocenters. The number of nitrogens with zero attached hydrogens (tertiary/aromatic N) is 5. The molecular weight excluding hydrogens is 421 g/mol. The normalized spacial score (nSPS) is 17.3. The number of rotatable bonds is 3. The smallest absolute Gasteiger partial charge is 0.354 e. The monoisotopic (exact) mass is 448 g/mol. The number of aryl methyl sites for hydroxylation is 1. The zero-order valence-corrected chi connectivity index (χ0v) is 18.2. The highest BCUT2D eigenvalue weighted by Crippen LogP contribution is 2.31. The summed E-state index contributed by atoms with van der Waals surface area (Å²) in [5, 5.41) is 2.70. The molecule has 3 heterocycles. The van der Waals surface area contributed by atoms with E-state index < -0.39 is 11.7 Å². The summed E-state index contributed by atoms with van der Waals surface area (Å²) in [6.07, 6.45) is -3.79. The van der Waals surface area contributed by atoms with Crippen molar-refractivity contribution in [2.75, 3.05) is 49.5 Å². The fourth-order valence-electron chi connectivity index (χ4n) is 4.17. The van der Waals surface area contributed by atoms with Crippen LogP contribution in [0.5, 0.6) is 0 Å². The van der Waals surface area contributed by atoms with Crippen LogP contribution < -0.4 is 10.2 Å². The molecule has 0 aliphatic carbocycles. The standard InChI is InChI=1S/C22H27F3N6O/c1-3-29-10-12-30(13-11-29)20-18-14-31(9-8-19(18)26-15(2)27-20)21(32)28-17-6-4-16(5-7-17)22(23,24)25/h4-7H,3,8-14H2,1-2H3,(H,28,32). The Kier molecular flexibility index (Phi) is 6.23. The Morgan fingerprint density at radius 3 is 2.38 bits per heavy atom. The second-order valence-corrected chi connectivity index (χ2v) is 8.12. The van der Waals surface area contributed by atoms with Crippen molar-refractivity contribution >= 4 is 17.5 Å². The molecule has 7 nitrogen and oxygen atoms in total. The summed E-state index contributed by atoms with van der Waals surface area (Å²) in [6, 6.07) is 4.11. The van der Waals surface area contributed by atoms with E-state index in [2.05, 4.69) is 27.0 Å². The number of carbonyl (C=O) groups is 1. The maximum absolute atomic E-state index is 12.8. The minimum Gasteiger partial charge on any atom is -0.354 e. The van der Waals surface area contributed by atoms with Crippen LogP contribution in [0.3, 0.4) is 0 Å². The average Bonchev–Trinajstić information content (AvgIpc) is 2.78. The maximum atomic E-state index is 12.8. The molecule has 1 aromatic carbocycles. The van der Waals surface area contributed by atoms with Crippen molar-refractivity contribution in [2.24, 2.45) is 0 Å². The number of likely N-dealkylation sites (N-methyl/N-ethyl adjacent to an activating group) is 1. The van der Waals surface area contributed by atoms with Crippen molar-refractivity contribution in [1.29, 1.82) is 0 Å². The number of nitrogens with one attached hydrogen (secondary N) is 1. The Morgan fingerprint density at radius 1 is 1.06 bits per heavy atom. The van der Waals surface area contributed by atoms with Crippen molar-refractivity contribution in [3.05, 3.63) is 46.9 Å². The molecule has 1 saturated heterocycles. The van der Waals surface area contributed by atoms with Crippen LogP contribution in [0.15, 0.2) is 24.3 Å². The van der Waals surface area contributed by atoms with E-state index in [1.54, 1.807) is 4.90 Å². The summed E-state index contributed by atoms with van der Waals surface area (Å²) in [5.74, 6) is 1.61. The number of piperazine rings is 1. The molecular formula is C22H27F3N6O. The third kappa shape index (κ3) is 4.79. The number of urea groups is 1. The first-order chi connectivity index (χ1) is 15.2. The molecule has 0 bridgehead atoms. The van der Waals surface area contributed by atoms with Gasteiger partial charge in [-0.25, -0.2) is 14.8 Å². The van der Waals surface area contributed by atoms with Crippen LogP contribution in [0, 0.1) is 6.92 Å². The molecule has 0 radical (unpaired) electrons. The summed E-state index contributed by atoms with van der Waals surface area (Å²) in [4.78, 5) is 28.4. The number of hydrogen-bond donors (Lipinski definition) is 1. The molecule has 2 aliphatic heterocycles. The van der Waals surface area contributed by atoms with Gasteiger partial charge in [-0.1, -0.05) is 6.92 Å². The molecule has 172 valence electrons.